The molecule has 1 aromatic rings. The minimum Gasteiger partial charge on any atom is -0.493 e. The standard InChI is InChI=1S/C25H32N2O3/c1-29-22-15-14-17(16-23(22)30-19-10-4-5-11-19)24-20-12-6-7-13-21(20)25(28)27(26-24)18-8-2-3-9-18/h6-7,14-16,18-21H,2-5,8-13H2,1H3/t20-,21+/m0/s1. The summed E-state index contributed by atoms with van der Waals surface area (Å²) in [7, 11) is 1.69. The first-order chi connectivity index (χ1) is 14.7. The first-order valence-electron chi connectivity index (χ1n) is 11.7. The molecule has 1 aromatic carbocycles. The zero-order chi connectivity index (χ0) is 20.5. The zero-order valence-corrected chi connectivity index (χ0v) is 17.9. The number of benzene rings is 1. The largest absolute Gasteiger partial charge is 0.493 e. The van der Waals surface area contributed by atoms with E-state index in [1.54, 1.807) is 7.11 Å². The van der Waals surface area contributed by atoms with Crippen molar-refractivity contribution >= 4 is 11.6 Å². The van der Waals surface area contributed by atoms with Crippen LogP contribution in [0.2, 0.25) is 0 Å². The van der Waals surface area contributed by atoms with Crippen molar-refractivity contribution in [2.75, 3.05) is 7.11 Å². The fourth-order valence-electron chi connectivity index (χ4n) is 5.59. The smallest absolute Gasteiger partial charge is 0.247 e. The van der Waals surface area contributed by atoms with Gasteiger partial charge in [0.05, 0.1) is 30.9 Å². The Kier molecular flexibility index (Phi) is 5.53. The molecule has 5 nitrogen and oxygen atoms in total. The molecule has 3 aliphatic carbocycles. The van der Waals surface area contributed by atoms with E-state index in [1.807, 2.05) is 11.1 Å². The third-order valence-corrected chi connectivity index (χ3v) is 7.27. The number of hydrogen-bond donors (Lipinski definition) is 0. The van der Waals surface area contributed by atoms with Crippen LogP contribution in [0.25, 0.3) is 0 Å². The molecule has 0 N–H and O–H groups in total. The molecule has 1 aliphatic heterocycles. The molecule has 5 heteroatoms. The summed E-state index contributed by atoms with van der Waals surface area (Å²) in [6, 6.07) is 6.42. The Balaban J connectivity index is 1.51. The van der Waals surface area contributed by atoms with Crippen molar-refractivity contribution < 1.29 is 14.3 Å². The molecule has 0 bridgehead atoms. The Bertz CT molecular complexity index is 850. The fraction of sp³-hybridized carbons (Fsp3) is 0.600. The van der Waals surface area contributed by atoms with Crippen LogP contribution in [0.15, 0.2) is 35.5 Å². The van der Waals surface area contributed by atoms with E-state index in [9.17, 15) is 4.79 Å². The van der Waals surface area contributed by atoms with Crippen LogP contribution >= 0.6 is 0 Å². The number of allylic oxidation sites excluding steroid dienone is 2. The SMILES string of the molecule is COc1ccc(C2=NN(C3CCCC3)C(=O)[C@@H]3CC=CC[C@H]23)cc1OC1CCCC1. The number of nitrogens with zero attached hydrogens (tertiary/aromatic N) is 2. The van der Waals surface area contributed by atoms with Gasteiger partial charge in [0.25, 0.3) is 0 Å². The monoisotopic (exact) mass is 408 g/mol. The van der Waals surface area contributed by atoms with E-state index in [0.717, 1.165) is 61.3 Å². The van der Waals surface area contributed by atoms with Gasteiger partial charge in [-0.15, -0.1) is 0 Å². The third-order valence-electron chi connectivity index (χ3n) is 7.27. The summed E-state index contributed by atoms with van der Waals surface area (Å²) in [5, 5.41) is 6.84. The lowest BCUT2D eigenvalue weighted by Crippen LogP contribution is -2.48. The Labute approximate surface area is 179 Å². The van der Waals surface area contributed by atoms with Gasteiger partial charge in [-0.05, 0) is 69.6 Å². The second-order valence-electron chi connectivity index (χ2n) is 9.15. The average Bonchev–Trinajstić information content (AvgIpc) is 3.49. The van der Waals surface area contributed by atoms with Crippen LogP contribution in [0.1, 0.15) is 69.8 Å². The van der Waals surface area contributed by atoms with Gasteiger partial charge >= 0.3 is 0 Å². The Morgan fingerprint density at radius 3 is 2.37 bits per heavy atom. The number of fused-ring (bicyclic) bond motifs is 1. The second kappa shape index (κ2) is 8.44. The summed E-state index contributed by atoms with van der Waals surface area (Å²) in [5.41, 5.74) is 2.10. The minimum atomic E-state index is 0.00408. The molecule has 1 amide bonds. The van der Waals surface area contributed by atoms with Crippen LogP contribution in [0.4, 0.5) is 0 Å². The Hall–Kier alpha value is -2.30. The number of ether oxygens (including phenoxy) is 2. The van der Waals surface area contributed by atoms with E-state index in [0.29, 0.717) is 0 Å². The maximum Gasteiger partial charge on any atom is 0.247 e. The van der Waals surface area contributed by atoms with Crippen molar-refractivity contribution in [3.63, 3.8) is 0 Å². The molecule has 0 radical (unpaired) electrons. The van der Waals surface area contributed by atoms with Crippen LogP contribution < -0.4 is 9.47 Å². The van der Waals surface area contributed by atoms with Gasteiger partial charge < -0.3 is 9.47 Å². The maximum absolute atomic E-state index is 13.3. The van der Waals surface area contributed by atoms with Gasteiger partial charge in [0, 0.05) is 11.5 Å². The highest BCUT2D eigenvalue weighted by molar-refractivity contribution is 6.07. The lowest BCUT2D eigenvalue weighted by atomic mass is 9.76. The summed E-state index contributed by atoms with van der Waals surface area (Å²) in [6.45, 7) is 0. The molecule has 160 valence electrons. The second-order valence-corrected chi connectivity index (χ2v) is 9.15. The average molecular weight is 409 g/mol. The molecule has 0 aromatic heterocycles. The highest BCUT2D eigenvalue weighted by Gasteiger charge is 2.42. The van der Waals surface area contributed by atoms with Crippen LogP contribution in [0.5, 0.6) is 11.5 Å². The number of amides is 1. The molecule has 30 heavy (non-hydrogen) atoms. The van der Waals surface area contributed by atoms with Crippen molar-refractivity contribution in [1.82, 2.24) is 5.01 Å². The maximum atomic E-state index is 13.3. The van der Waals surface area contributed by atoms with Gasteiger partial charge in [-0.3, -0.25) is 4.79 Å². The molecule has 2 atom stereocenters. The molecule has 5 rings (SSSR count). The van der Waals surface area contributed by atoms with Crippen molar-refractivity contribution in [2.45, 2.75) is 76.4 Å². The summed E-state index contributed by atoms with van der Waals surface area (Å²) in [4.78, 5) is 13.3. The highest BCUT2D eigenvalue weighted by atomic mass is 16.5. The van der Waals surface area contributed by atoms with Crippen molar-refractivity contribution in [2.24, 2.45) is 16.9 Å². The van der Waals surface area contributed by atoms with Gasteiger partial charge in [-0.2, -0.15) is 5.10 Å². The summed E-state index contributed by atoms with van der Waals surface area (Å²) >= 11 is 0. The van der Waals surface area contributed by atoms with Gasteiger partial charge in [0.15, 0.2) is 11.5 Å². The molecule has 1 heterocycles. The van der Waals surface area contributed by atoms with E-state index >= 15 is 0 Å². The fourth-order valence-corrected chi connectivity index (χ4v) is 5.59. The van der Waals surface area contributed by atoms with Gasteiger partial charge in [-0.1, -0.05) is 25.0 Å². The van der Waals surface area contributed by atoms with Crippen molar-refractivity contribution in [3.05, 3.63) is 35.9 Å². The minimum absolute atomic E-state index is 0.00408. The number of carbonyl (C=O) groups excluding carboxylic acids is 1. The first-order valence-corrected chi connectivity index (χ1v) is 11.7. The first kappa shape index (κ1) is 19.7. The quantitative estimate of drug-likeness (QED) is 0.638. The number of hydrazone groups is 1. The van der Waals surface area contributed by atoms with Crippen LogP contribution in [0, 0.1) is 11.8 Å². The molecule has 2 fully saturated rings. The van der Waals surface area contributed by atoms with E-state index in [4.69, 9.17) is 14.6 Å². The number of carbonyl (C=O) groups is 1. The van der Waals surface area contributed by atoms with E-state index in [-0.39, 0.29) is 29.9 Å². The number of methoxy groups -OCH3 is 1. The Morgan fingerprint density at radius 1 is 0.933 bits per heavy atom. The van der Waals surface area contributed by atoms with Crippen LogP contribution in [0.3, 0.4) is 0 Å². The summed E-state index contributed by atoms with van der Waals surface area (Å²) < 4.78 is 11.9. The normalized spacial score (nSPS) is 27.3. The third kappa shape index (κ3) is 3.63. The molecule has 4 aliphatic rings. The Morgan fingerprint density at radius 2 is 1.63 bits per heavy atom. The lowest BCUT2D eigenvalue weighted by molar-refractivity contribution is -0.140. The molecule has 0 unspecified atom stereocenters. The topological polar surface area (TPSA) is 51.1 Å². The zero-order valence-electron chi connectivity index (χ0n) is 17.9. The summed E-state index contributed by atoms with van der Waals surface area (Å²) in [6.07, 6.45) is 15.5. The lowest BCUT2D eigenvalue weighted by Gasteiger charge is -2.39. The predicted octanol–water partition coefficient (Wildman–Crippen LogP) is 5.09. The van der Waals surface area contributed by atoms with Gasteiger partial charge in [-0.25, -0.2) is 5.01 Å². The van der Waals surface area contributed by atoms with Crippen LogP contribution in [-0.2, 0) is 4.79 Å². The van der Waals surface area contributed by atoms with Crippen molar-refractivity contribution in [1.29, 1.82) is 0 Å². The van der Waals surface area contributed by atoms with Gasteiger partial charge in [0.1, 0.15) is 0 Å². The molecule has 0 spiro atoms. The van der Waals surface area contributed by atoms with E-state index < -0.39 is 0 Å². The van der Waals surface area contributed by atoms with Crippen molar-refractivity contribution in [3.8, 4) is 11.5 Å². The van der Waals surface area contributed by atoms with Gasteiger partial charge in [0.2, 0.25) is 5.91 Å². The number of rotatable bonds is 5. The molecular formula is C25H32N2O3. The van der Waals surface area contributed by atoms with Crippen LogP contribution in [-0.4, -0.2) is 35.9 Å². The number of hydrogen-bond acceptors (Lipinski definition) is 4. The highest BCUT2D eigenvalue weighted by Crippen LogP contribution is 2.39. The molecular weight excluding hydrogens is 376 g/mol. The summed E-state index contributed by atoms with van der Waals surface area (Å²) in [5.74, 6) is 1.94. The van der Waals surface area contributed by atoms with E-state index in [2.05, 4.69) is 24.3 Å². The van der Waals surface area contributed by atoms with E-state index in [1.165, 1.54) is 25.7 Å². The predicted molar refractivity (Wildman–Crippen MR) is 117 cm³/mol. The molecule has 0 saturated heterocycles. The molecule has 2 saturated carbocycles.